The first kappa shape index (κ1) is 13.7. The number of pyridine rings is 1. The van der Waals surface area contributed by atoms with Crippen molar-refractivity contribution in [3.63, 3.8) is 0 Å². The molecule has 0 aromatic carbocycles. The molecule has 0 unspecified atom stereocenters. The molecule has 0 aliphatic heterocycles. The lowest BCUT2D eigenvalue weighted by atomic mass is 9.81. The Hall–Kier alpha value is -1.38. The van der Waals surface area contributed by atoms with Gasteiger partial charge in [-0.3, -0.25) is 9.78 Å². The van der Waals surface area contributed by atoms with E-state index < -0.39 is 0 Å². The molecule has 0 aliphatic carbocycles. The summed E-state index contributed by atoms with van der Waals surface area (Å²) in [6.45, 7) is 6.55. The molecule has 0 radical (unpaired) electrons. The summed E-state index contributed by atoms with van der Waals surface area (Å²) in [5.74, 6) is 0.00616. The van der Waals surface area contributed by atoms with Gasteiger partial charge in [-0.05, 0) is 23.5 Å². The molecule has 3 heteroatoms. The fourth-order valence-corrected chi connectivity index (χ4v) is 1.95. The van der Waals surface area contributed by atoms with Crippen molar-refractivity contribution in [2.75, 3.05) is 14.1 Å². The van der Waals surface area contributed by atoms with Crippen molar-refractivity contribution in [2.45, 2.75) is 39.0 Å². The largest absolute Gasteiger partial charge is 0.345 e. The van der Waals surface area contributed by atoms with E-state index in [0.717, 1.165) is 18.4 Å². The molecule has 0 N–H and O–H groups in total. The van der Waals surface area contributed by atoms with Gasteiger partial charge in [0.2, 0.25) is 0 Å². The maximum atomic E-state index is 11.9. The second-order valence-electron chi connectivity index (χ2n) is 5.30. The minimum absolute atomic E-state index is 0.00616. The smallest absolute Gasteiger partial charge is 0.254 e. The van der Waals surface area contributed by atoms with Crippen molar-refractivity contribution in [3.8, 4) is 0 Å². The highest BCUT2D eigenvalue weighted by atomic mass is 16.2. The Labute approximate surface area is 104 Å². The second-order valence-corrected chi connectivity index (χ2v) is 5.30. The van der Waals surface area contributed by atoms with Crippen LogP contribution in [0, 0.1) is 0 Å². The van der Waals surface area contributed by atoms with Crippen molar-refractivity contribution < 1.29 is 4.79 Å². The van der Waals surface area contributed by atoms with Gasteiger partial charge in [0, 0.05) is 26.5 Å². The molecule has 1 rings (SSSR count). The summed E-state index contributed by atoms with van der Waals surface area (Å²) in [6.07, 6.45) is 5.71. The van der Waals surface area contributed by atoms with Crippen LogP contribution in [0.3, 0.4) is 0 Å². The quantitative estimate of drug-likeness (QED) is 0.802. The highest BCUT2D eigenvalue weighted by Crippen LogP contribution is 2.28. The van der Waals surface area contributed by atoms with Gasteiger partial charge >= 0.3 is 0 Å². The van der Waals surface area contributed by atoms with E-state index in [2.05, 4.69) is 25.8 Å². The predicted octanol–water partition coefficient (Wildman–Crippen LogP) is 2.86. The molecule has 1 aromatic heterocycles. The summed E-state index contributed by atoms with van der Waals surface area (Å²) in [4.78, 5) is 17.6. The fourth-order valence-electron chi connectivity index (χ4n) is 1.95. The van der Waals surface area contributed by atoms with Crippen molar-refractivity contribution in [2.24, 2.45) is 0 Å². The van der Waals surface area contributed by atoms with E-state index in [-0.39, 0.29) is 11.3 Å². The van der Waals surface area contributed by atoms with Gasteiger partial charge in [0.1, 0.15) is 0 Å². The SMILES string of the molecule is CCCC(C)(C)c1cncc(C(=O)N(C)C)c1. The number of amides is 1. The lowest BCUT2D eigenvalue weighted by Gasteiger charge is -2.24. The van der Waals surface area contributed by atoms with Crippen LogP contribution in [0.5, 0.6) is 0 Å². The zero-order chi connectivity index (χ0) is 13.1. The summed E-state index contributed by atoms with van der Waals surface area (Å²) in [6, 6.07) is 1.96. The highest BCUT2D eigenvalue weighted by molar-refractivity contribution is 5.93. The number of nitrogens with zero attached hydrogens (tertiary/aromatic N) is 2. The zero-order valence-corrected chi connectivity index (χ0v) is 11.4. The van der Waals surface area contributed by atoms with Gasteiger partial charge in [-0.2, -0.15) is 0 Å². The maximum absolute atomic E-state index is 11.9. The maximum Gasteiger partial charge on any atom is 0.254 e. The number of hydrogen-bond acceptors (Lipinski definition) is 2. The van der Waals surface area contributed by atoms with Crippen LogP contribution in [-0.2, 0) is 5.41 Å². The van der Waals surface area contributed by atoms with Crippen LogP contribution in [0.1, 0.15) is 49.5 Å². The van der Waals surface area contributed by atoms with E-state index in [4.69, 9.17) is 0 Å². The van der Waals surface area contributed by atoms with E-state index in [9.17, 15) is 4.79 Å². The summed E-state index contributed by atoms with van der Waals surface area (Å²) in [5.41, 5.74) is 1.87. The van der Waals surface area contributed by atoms with Gasteiger partial charge in [0.05, 0.1) is 5.56 Å². The van der Waals surface area contributed by atoms with Crippen LogP contribution in [0.4, 0.5) is 0 Å². The molecule has 1 amide bonds. The molecule has 17 heavy (non-hydrogen) atoms. The van der Waals surface area contributed by atoms with Crippen LogP contribution in [0.2, 0.25) is 0 Å². The standard InChI is InChI=1S/C14H22N2O/c1-6-7-14(2,3)12-8-11(9-15-10-12)13(17)16(4)5/h8-10H,6-7H2,1-5H3. The molecule has 0 saturated carbocycles. The predicted molar refractivity (Wildman–Crippen MR) is 70.2 cm³/mol. The van der Waals surface area contributed by atoms with Crippen molar-refractivity contribution in [1.29, 1.82) is 0 Å². The molecular formula is C14H22N2O. The average molecular weight is 234 g/mol. The second kappa shape index (κ2) is 5.30. The molecule has 1 heterocycles. The van der Waals surface area contributed by atoms with Crippen LogP contribution >= 0.6 is 0 Å². The highest BCUT2D eigenvalue weighted by Gasteiger charge is 2.21. The van der Waals surface area contributed by atoms with E-state index in [1.165, 1.54) is 0 Å². The third-order valence-electron chi connectivity index (χ3n) is 3.05. The molecule has 0 fully saturated rings. The third kappa shape index (κ3) is 3.29. The van der Waals surface area contributed by atoms with Gasteiger partial charge in [-0.25, -0.2) is 0 Å². The van der Waals surface area contributed by atoms with Crippen molar-refractivity contribution >= 4 is 5.91 Å². The van der Waals surface area contributed by atoms with E-state index in [1.54, 1.807) is 25.2 Å². The minimum Gasteiger partial charge on any atom is -0.345 e. The van der Waals surface area contributed by atoms with E-state index in [1.807, 2.05) is 12.3 Å². The Balaban J connectivity index is 3.05. The molecule has 0 bridgehead atoms. The number of carbonyl (C=O) groups is 1. The first-order chi connectivity index (χ1) is 7.88. The molecule has 0 spiro atoms. The van der Waals surface area contributed by atoms with Crippen molar-refractivity contribution in [1.82, 2.24) is 9.88 Å². The Kier molecular flexibility index (Phi) is 4.27. The Bertz CT molecular complexity index is 397. The van der Waals surface area contributed by atoms with Crippen LogP contribution in [0.15, 0.2) is 18.5 Å². The number of rotatable bonds is 4. The van der Waals surface area contributed by atoms with Crippen LogP contribution < -0.4 is 0 Å². The fraction of sp³-hybridized carbons (Fsp3) is 0.571. The number of hydrogen-bond donors (Lipinski definition) is 0. The average Bonchev–Trinajstić information content (AvgIpc) is 2.28. The van der Waals surface area contributed by atoms with Gasteiger partial charge in [-0.1, -0.05) is 27.2 Å². The Morgan fingerprint density at radius 3 is 2.53 bits per heavy atom. The molecule has 94 valence electrons. The lowest BCUT2D eigenvalue weighted by molar-refractivity contribution is 0.0827. The molecule has 1 aromatic rings. The number of aromatic nitrogens is 1. The monoisotopic (exact) mass is 234 g/mol. The van der Waals surface area contributed by atoms with Crippen molar-refractivity contribution in [3.05, 3.63) is 29.6 Å². The first-order valence-electron chi connectivity index (χ1n) is 6.05. The Morgan fingerprint density at radius 1 is 1.35 bits per heavy atom. The molecule has 3 nitrogen and oxygen atoms in total. The Morgan fingerprint density at radius 2 is 2.00 bits per heavy atom. The lowest BCUT2D eigenvalue weighted by Crippen LogP contribution is -2.23. The first-order valence-corrected chi connectivity index (χ1v) is 6.05. The summed E-state index contributed by atoms with van der Waals surface area (Å²) < 4.78 is 0. The number of carbonyl (C=O) groups excluding carboxylic acids is 1. The summed E-state index contributed by atoms with van der Waals surface area (Å²) in [7, 11) is 3.51. The van der Waals surface area contributed by atoms with Crippen LogP contribution in [0.25, 0.3) is 0 Å². The normalized spacial score (nSPS) is 11.4. The molecule has 0 atom stereocenters. The third-order valence-corrected chi connectivity index (χ3v) is 3.05. The van der Waals surface area contributed by atoms with E-state index in [0.29, 0.717) is 5.56 Å². The van der Waals surface area contributed by atoms with Gasteiger partial charge in [0.25, 0.3) is 5.91 Å². The molecule has 0 aliphatic rings. The van der Waals surface area contributed by atoms with Gasteiger partial charge < -0.3 is 4.90 Å². The minimum atomic E-state index is 0.00616. The van der Waals surface area contributed by atoms with Gasteiger partial charge in [0.15, 0.2) is 0 Å². The van der Waals surface area contributed by atoms with Gasteiger partial charge in [-0.15, -0.1) is 0 Å². The topological polar surface area (TPSA) is 33.2 Å². The van der Waals surface area contributed by atoms with E-state index >= 15 is 0 Å². The summed E-state index contributed by atoms with van der Waals surface area (Å²) in [5, 5.41) is 0. The summed E-state index contributed by atoms with van der Waals surface area (Å²) >= 11 is 0. The molecule has 0 saturated heterocycles. The zero-order valence-electron chi connectivity index (χ0n) is 11.4. The van der Waals surface area contributed by atoms with Crippen LogP contribution in [-0.4, -0.2) is 29.9 Å². The molecular weight excluding hydrogens is 212 g/mol.